The lowest BCUT2D eigenvalue weighted by molar-refractivity contribution is -0.136. The Kier molecular flexibility index (Phi) is 8.57. The van der Waals surface area contributed by atoms with Crippen molar-refractivity contribution < 1.29 is 28.7 Å². The Morgan fingerprint density at radius 2 is 1.74 bits per heavy atom. The first-order valence-corrected chi connectivity index (χ1v) is 16.1. The summed E-state index contributed by atoms with van der Waals surface area (Å²) in [5, 5.41) is 11.0. The zero-order valence-corrected chi connectivity index (χ0v) is 26.9. The molecule has 0 radical (unpaired) electrons. The number of nitrogens with zero attached hydrogens (tertiary/aromatic N) is 7. The Hall–Kier alpha value is -4.33. The highest BCUT2D eigenvalue weighted by Gasteiger charge is 2.45. The Balaban J connectivity index is 0.993. The fraction of sp³-hybridized carbons (Fsp3) is 0.594. The van der Waals surface area contributed by atoms with Crippen LogP contribution < -0.4 is 10.2 Å². The number of nitrogens with one attached hydrogen (secondary N) is 1. The topological polar surface area (TPSA) is 150 Å². The van der Waals surface area contributed by atoms with E-state index < -0.39 is 35.3 Å². The summed E-state index contributed by atoms with van der Waals surface area (Å²) >= 11 is 0. The molecule has 0 bridgehead atoms. The number of benzene rings is 1. The van der Waals surface area contributed by atoms with E-state index in [1.807, 2.05) is 37.7 Å². The number of amides is 5. The number of rotatable bonds is 6. The number of carbonyl (C=O) groups excluding carboxylic acids is 5. The van der Waals surface area contributed by atoms with Crippen LogP contribution in [0.3, 0.4) is 0 Å². The molecular formula is C32H42N8O6. The number of hydrogen-bond acceptors (Lipinski definition) is 10. The third-order valence-electron chi connectivity index (χ3n) is 9.22. The highest BCUT2D eigenvalue weighted by molar-refractivity contribution is 6.23. The summed E-state index contributed by atoms with van der Waals surface area (Å²) in [4.78, 5) is 70.0. The van der Waals surface area contributed by atoms with Crippen molar-refractivity contribution in [2.24, 2.45) is 5.92 Å². The molecule has 4 aliphatic rings. The molecule has 5 heterocycles. The van der Waals surface area contributed by atoms with Crippen LogP contribution in [0.25, 0.3) is 0 Å². The molecule has 0 saturated carbocycles. The summed E-state index contributed by atoms with van der Waals surface area (Å²) in [5.74, 6) is -1.57. The molecule has 46 heavy (non-hydrogen) atoms. The molecule has 5 amide bonds. The van der Waals surface area contributed by atoms with Crippen molar-refractivity contribution in [3.63, 3.8) is 0 Å². The minimum atomic E-state index is -0.973. The highest BCUT2D eigenvalue weighted by atomic mass is 16.6. The maximum absolute atomic E-state index is 13.2. The van der Waals surface area contributed by atoms with Crippen LogP contribution in [0.2, 0.25) is 0 Å². The highest BCUT2D eigenvalue weighted by Crippen LogP contribution is 2.32. The van der Waals surface area contributed by atoms with E-state index >= 15 is 0 Å². The maximum Gasteiger partial charge on any atom is 0.410 e. The van der Waals surface area contributed by atoms with Gasteiger partial charge in [0.05, 0.1) is 16.8 Å². The number of piperazine rings is 1. The zero-order valence-electron chi connectivity index (χ0n) is 26.9. The number of anilines is 1. The molecule has 1 N–H and O–H groups in total. The van der Waals surface area contributed by atoms with Crippen molar-refractivity contribution in [3.05, 3.63) is 41.2 Å². The summed E-state index contributed by atoms with van der Waals surface area (Å²) in [6.07, 6.45) is 3.84. The number of hydrogen-bond donors (Lipinski definition) is 1. The molecule has 1 aromatic carbocycles. The molecule has 4 aliphatic heterocycles. The SMILES string of the molecule is C[C@H]1CN(C(=O)OC(C)(C)C)CCN1Cc1cn(CC2CCN(c3ccc4c(c3)C(=O)N(C3CCC(=O)NC3=O)C4=O)CC2)nn1. The quantitative estimate of drug-likeness (QED) is 0.468. The average molecular weight is 635 g/mol. The number of piperidine rings is 2. The van der Waals surface area contributed by atoms with Gasteiger partial charge in [0.2, 0.25) is 11.8 Å². The molecule has 3 saturated heterocycles. The number of aromatic nitrogens is 3. The normalized spacial score (nSPS) is 23.2. The molecule has 1 aromatic heterocycles. The van der Waals surface area contributed by atoms with E-state index in [0.29, 0.717) is 31.1 Å². The van der Waals surface area contributed by atoms with Crippen LogP contribution in [0.4, 0.5) is 10.5 Å². The second-order valence-corrected chi connectivity index (χ2v) is 13.8. The second kappa shape index (κ2) is 12.5. The first-order chi connectivity index (χ1) is 21.9. The Labute approximate surface area is 268 Å². The fourth-order valence-electron chi connectivity index (χ4n) is 6.72. The summed E-state index contributed by atoms with van der Waals surface area (Å²) < 4.78 is 7.45. The van der Waals surface area contributed by atoms with E-state index in [4.69, 9.17) is 4.74 Å². The Bertz CT molecular complexity index is 1540. The fourth-order valence-corrected chi connectivity index (χ4v) is 6.72. The number of imide groups is 2. The predicted molar refractivity (Wildman–Crippen MR) is 166 cm³/mol. The number of ether oxygens (including phenoxy) is 1. The van der Waals surface area contributed by atoms with E-state index in [9.17, 15) is 24.0 Å². The van der Waals surface area contributed by atoms with Gasteiger partial charge in [-0.1, -0.05) is 5.21 Å². The third-order valence-corrected chi connectivity index (χ3v) is 9.22. The van der Waals surface area contributed by atoms with Gasteiger partial charge in [-0.2, -0.15) is 0 Å². The second-order valence-electron chi connectivity index (χ2n) is 13.8. The van der Waals surface area contributed by atoms with Gasteiger partial charge in [0.15, 0.2) is 0 Å². The van der Waals surface area contributed by atoms with E-state index in [-0.39, 0.29) is 30.5 Å². The van der Waals surface area contributed by atoms with E-state index in [2.05, 4.69) is 32.4 Å². The van der Waals surface area contributed by atoms with Crippen LogP contribution >= 0.6 is 0 Å². The molecule has 6 rings (SSSR count). The lowest BCUT2D eigenvalue weighted by Gasteiger charge is -2.39. The van der Waals surface area contributed by atoms with Gasteiger partial charge in [0.1, 0.15) is 11.6 Å². The van der Waals surface area contributed by atoms with Gasteiger partial charge in [0.25, 0.3) is 11.8 Å². The molecule has 0 aliphatic carbocycles. The summed E-state index contributed by atoms with van der Waals surface area (Å²) in [6.45, 7) is 12.7. The van der Waals surface area contributed by atoms with Crippen molar-refractivity contribution in [1.82, 2.24) is 35.0 Å². The van der Waals surface area contributed by atoms with Crippen molar-refractivity contribution >= 4 is 35.4 Å². The minimum absolute atomic E-state index is 0.0911. The van der Waals surface area contributed by atoms with E-state index in [1.54, 1.807) is 17.0 Å². The van der Waals surface area contributed by atoms with Crippen molar-refractivity contribution in [3.8, 4) is 0 Å². The van der Waals surface area contributed by atoms with Gasteiger partial charge >= 0.3 is 6.09 Å². The van der Waals surface area contributed by atoms with Crippen LogP contribution in [0, 0.1) is 5.92 Å². The molecule has 3 fully saturated rings. The van der Waals surface area contributed by atoms with E-state index in [0.717, 1.165) is 55.3 Å². The van der Waals surface area contributed by atoms with Crippen LogP contribution in [-0.2, 0) is 27.4 Å². The molecule has 14 nitrogen and oxygen atoms in total. The molecule has 14 heteroatoms. The summed E-state index contributed by atoms with van der Waals surface area (Å²) in [7, 11) is 0. The maximum atomic E-state index is 13.2. The van der Waals surface area contributed by atoms with E-state index in [1.165, 1.54) is 0 Å². The Morgan fingerprint density at radius 1 is 1.00 bits per heavy atom. The molecule has 246 valence electrons. The predicted octanol–water partition coefficient (Wildman–Crippen LogP) is 2.04. The number of carbonyl (C=O) groups is 5. The van der Waals surface area contributed by atoms with Gasteiger partial charge in [-0.3, -0.25) is 39.0 Å². The van der Waals surface area contributed by atoms with Crippen LogP contribution in [-0.4, -0.2) is 110 Å². The third kappa shape index (κ3) is 6.62. The largest absolute Gasteiger partial charge is 0.444 e. The Morgan fingerprint density at radius 3 is 2.43 bits per heavy atom. The first-order valence-electron chi connectivity index (χ1n) is 16.1. The lowest BCUT2D eigenvalue weighted by Crippen LogP contribution is -2.54. The van der Waals surface area contributed by atoms with Gasteiger partial charge in [0, 0.05) is 70.2 Å². The summed E-state index contributed by atoms with van der Waals surface area (Å²) in [5.41, 5.74) is 1.84. The van der Waals surface area contributed by atoms with Gasteiger partial charge in [-0.25, -0.2) is 4.79 Å². The van der Waals surface area contributed by atoms with Crippen LogP contribution in [0.15, 0.2) is 24.4 Å². The lowest BCUT2D eigenvalue weighted by atomic mass is 9.96. The van der Waals surface area contributed by atoms with Crippen molar-refractivity contribution in [1.29, 1.82) is 0 Å². The smallest absolute Gasteiger partial charge is 0.410 e. The van der Waals surface area contributed by atoms with Crippen molar-refractivity contribution in [2.75, 3.05) is 37.6 Å². The number of fused-ring (bicyclic) bond motifs is 1. The first kappa shape index (κ1) is 31.6. The average Bonchev–Trinajstić information content (AvgIpc) is 3.54. The van der Waals surface area contributed by atoms with Crippen molar-refractivity contribution in [2.45, 2.75) is 84.2 Å². The molecule has 2 atom stereocenters. The molecule has 1 unspecified atom stereocenters. The minimum Gasteiger partial charge on any atom is -0.444 e. The molecular weight excluding hydrogens is 592 g/mol. The van der Waals surface area contributed by atoms with Crippen LogP contribution in [0.1, 0.15) is 79.8 Å². The summed E-state index contributed by atoms with van der Waals surface area (Å²) in [6, 6.07) is 4.47. The molecule has 2 aromatic rings. The van der Waals surface area contributed by atoms with Gasteiger partial charge in [-0.15, -0.1) is 5.10 Å². The zero-order chi connectivity index (χ0) is 32.7. The van der Waals surface area contributed by atoms with Gasteiger partial charge < -0.3 is 14.5 Å². The standard InChI is InChI=1S/C32H42N8O6/c1-20-16-38(31(45)46-32(2,3)4)14-13-37(20)18-22-19-39(35-34-22)17-21-9-11-36(12-10-21)23-5-6-24-25(15-23)30(44)40(29(24)43)26-7-8-27(41)33-28(26)42/h5-6,15,19-21,26H,7-14,16-18H2,1-4H3,(H,33,41,42)/t20-,26?/m0/s1. The molecule has 0 spiro atoms. The van der Waals surface area contributed by atoms with Gasteiger partial charge in [-0.05, 0) is 71.1 Å². The monoisotopic (exact) mass is 634 g/mol. The van der Waals surface area contributed by atoms with Crippen LogP contribution in [0.5, 0.6) is 0 Å².